The van der Waals surface area contributed by atoms with Gasteiger partial charge in [0.25, 0.3) is 0 Å². The molecule has 0 N–H and O–H groups in total. The molecule has 2 rings (SSSR count). The van der Waals surface area contributed by atoms with Crippen molar-refractivity contribution in [1.82, 2.24) is 0 Å². The molecule has 1 aromatic heterocycles. The van der Waals surface area contributed by atoms with E-state index in [9.17, 15) is 13.2 Å². The number of terminal acetylenes is 1. The van der Waals surface area contributed by atoms with Crippen LogP contribution in [0.1, 0.15) is 11.1 Å². The number of benzene rings is 1. The normalized spacial score (nSPS) is 11.2. The maximum atomic E-state index is 12.8. The first-order valence-electron chi connectivity index (χ1n) is 4.73. The molecule has 0 atom stereocenters. The lowest BCUT2D eigenvalue weighted by Gasteiger charge is -2.10. The Hall–Kier alpha value is -1.73. The van der Waals surface area contributed by atoms with E-state index >= 15 is 0 Å². The van der Waals surface area contributed by atoms with Crippen molar-refractivity contribution in [2.75, 3.05) is 0 Å². The van der Waals surface area contributed by atoms with E-state index < -0.39 is 11.7 Å². The van der Waals surface area contributed by atoms with Gasteiger partial charge < -0.3 is 0 Å². The number of thiophene rings is 1. The Morgan fingerprint density at radius 2 is 1.88 bits per heavy atom. The highest BCUT2D eigenvalue weighted by Gasteiger charge is 2.33. The zero-order valence-electron chi connectivity index (χ0n) is 8.58. The van der Waals surface area contributed by atoms with Crippen LogP contribution >= 0.6 is 11.3 Å². The highest BCUT2D eigenvalue weighted by atomic mass is 32.1. The Balaban J connectivity index is 2.58. The molecule has 0 aliphatic carbocycles. The zero-order chi connectivity index (χ0) is 12.5. The molecular weight excluding hydrogens is 245 g/mol. The van der Waals surface area contributed by atoms with Crippen LogP contribution in [0.2, 0.25) is 0 Å². The van der Waals surface area contributed by atoms with Crippen LogP contribution in [-0.4, -0.2) is 0 Å². The van der Waals surface area contributed by atoms with E-state index in [4.69, 9.17) is 6.42 Å². The van der Waals surface area contributed by atoms with Crippen LogP contribution in [0.25, 0.3) is 11.1 Å². The molecule has 0 radical (unpaired) electrons. The van der Waals surface area contributed by atoms with E-state index in [1.165, 1.54) is 17.4 Å². The van der Waals surface area contributed by atoms with Gasteiger partial charge in [0, 0.05) is 5.56 Å². The molecule has 0 amide bonds. The first-order valence-corrected chi connectivity index (χ1v) is 5.67. The molecule has 86 valence electrons. The van der Waals surface area contributed by atoms with Gasteiger partial charge in [-0.3, -0.25) is 0 Å². The molecule has 0 bridgehead atoms. The SMILES string of the molecule is C#Cc1ccc(-c2ccsc2)cc1C(F)(F)F. The van der Waals surface area contributed by atoms with E-state index in [1.807, 2.05) is 5.38 Å². The highest BCUT2D eigenvalue weighted by molar-refractivity contribution is 7.08. The van der Waals surface area contributed by atoms with Crippen molar-refractivity contribution in [1.29, 1.82) is 0 Å². The lowest BCUT2D eigenvalue weighted by atomic mass is 10.0. The Morgan fingerprint density at radius 1 is 1.12 bits per heavy atom. The van der Waals surface area contributed by atoms with Gasteiger partial charge in [-0.25, -0.2) is 0 Å². The smallest absolute Gasteiger partial charge is 0.166 e. The van der Waals surface area contributed by atoms with Crippen LogP contribution in [0.4, 0.5) is 13.2 Å². The van der Waals surface area contributed by atoms with Gasteiger partial charge in [-0.05, 0) is 40.1 Å². The second-order valence-electron chi connectivity index (χ2n) is 3.41. The average molecular weight is 252 g/mol. The fourth-order valence-electron chi connectivity index (χ4n) is 1.51. The van der Waals surface area contributed by atoms with Crippen LogP contribution in [0.15, 0.2) is 35.0 Å². The third-order valence-electron chi connectivity index (χ3n) is 2.33. The molecular formula is C13H7F3S. The van der Waals surface area contributed by atoms with Gasteiger partial charge in [-0.15, -0.1) is 6.42 Å². The van der Waals surface area contributed by atoms with Crippen LogP contribution in [0.5, 0.6) is 0 Å². The van der Waals surface area contributed by atoms with E-state index in [0.717, 1.165) is 11.6 Å². The highest BCUT2D eigenvalue weighted by Crippen LogP contribution is 2.35. The van der Waals surface area contributed by atoms with Crippen molar-refractivity contribution >= 4 is 11.3 Å². The topological polar surface area (TPSA) is 0 Å². The van der Waals surface area contributed by atoms with Crippen molar-refractivity contribution in [2.45, 2.75) is 6.18 Å². The minimum Gasteiger partial charge on any atom is -0.166 e. The van der Waals surface area contributed by atoms with Gasteiger partial charge in [0.2, 0.25) is 0 Å². The van der Waals surface area contributed by atoms with Crippen molar-refractivity contribution in [3.63, 3.8) is 0 Å². The van der Waals surface area contributed by atoms with Crippen LogP contribution in [0, 0.1) is 12.3 Å². The molecule has 4 heteroatoms. The van der Waals surface area contributed by atoms with Crippen LogP contribution < -0.4 is 0 Å². The number of hydrogen-bond acceptors (Lipinski definition) is 1. The largest absolute Gasteiger partial charge is 0.417 e. The zero-order valence-corrected chi connectivity index (χ0v) is 9.40. The Bertz CT molecular complexity index is 559. The summed E-state index contributed by atoms with van der Waals surface area (Å²) in [6.45, 7) is 0. The molecule has 0 aliphatic heterocycles. The molecule has 0 fully saturated rings. The number of rotatable bonds is 1. The van der Waals surface area contributed by atoms with Gasteiger partial charge in [0.15, 0.2) is 0 Å². The Kier molecular flexibility index (Phi) is 2.95. The Labute approximate surface area is 101 Å². The Morgan fingerprint density at radius 3 is 2.41 bits per heavy atom. The minimum atomic E-state index is -4.42. The monoisotopic (exact) mass is 252 g/mol. The molecule has 0 unspecified atom stereocenters. The quantitative estimate of drug-likeness (QED) is 0.659. The van der Waals surface area contributed by atoms with E-state index in [1.54, 1.807) is 17.5 Å². The summed E-state index contributed by atoms with van der Waals surface area (Å²) < 4.78 is 38.3. The van der Waals surface area contributed by atoms with Crippen molar-refractivity contribution in [3.8, 4) is 23.5 Å². The first-order chi connectivity index (χ1) is 8.02. The predicted octanol–water partition coefficient (Wildman–Crippen LogP) is 4.42. The minimum absolute atomic E-state index is 0.128. The summed E-state index contributed by atoms with van der Waals surface area (Å²) in [5.74, 6) is 2.06. The number of alkyl halides is 3. The van der Waals surface area contributed by atoms with Crippen molar-refractivity contribution < 1.29 is 13.2 Å². The first kappa shape index (κ1) is 11.7. The third kappa shape index (κ3) is 2.34. The van der Waals surface area contributed by atoms with Crippen molar-refractivity contribution in [3.05, 3.63) is 46.2 Å². The summed E-state index contributed by atoms with van der Waals surface area (Å²) in [7, 11) is 0. The van der Waals surface area contributed by atoms with Gasteiger partial charge in [-0.1, -0.05) is 12.0 Å². The fourth-order valence-corrected chi connectivity index (χ4v) is 2.18. The third-order valence-corrected chi connectivity index (χ3v) is 3.02. The second-order valence-corrected chi connectivity index (χ2v) is 4.19. The van der Waals surface area contributed by atoms with Crippen LogP contribution in [0.3, 0.4) is 0 Å². The molecule has 1 heterocycles. The molecule has 0 saturated carbocycles. The lowest BCUT2D eigenvalue weighted by molar-refractivity contribution is -0.137. The molecule has 0 saturated heterocycles. The molecule has 0 nitrogen and oxygen atoms in total. The molecule has 1 aromatic carbocycles. The summed E-state index contributed by atoms with van der Waals surface area (Å²) in [6, 6.07) is 5.80. The molecule has 0 spiro atoms. The summed E-state index contributed by atoms with van der Waals surface area (Å²) >= 11 is 1.44. The van der Waals surface area contributed by atoms with E-state index in [0.29, 0.717) is 5.56 Å². The van der Waals surface area contributed by atoms with E-state index in [2.05, 4.69) is 5.92 Å². The van der Waals surface area contributed by atoms with Gasteiger partial charge in [0.1, 0.15) is 0 Å². The molecule has 17 heavy (non-hydrogen) atoms. The predicted molar refractivity (Wildman–Crippen MR) is 62.7 cm³/mol. The van der Waals surface area contributed by atoms with Gasteiger partial charge in [0.05, 0.1) is 5.56 Å². The maximum absolute atomic E-state index is 12.8. The summed E-state index contributed by atoms with van der Waals surface area (Å²) in [6.07, 6.45) is 0.645. The van der Waals surface area contributed by atoms with Gasteiger partial charge in [-0.2, -0.15) is 24.5 Å². The van der Waals surface area contributed by atoms with Crippen molar-refractivity contribution in [2.24, 2.45) is 0 Å². The summed E-state index contributed by atoms with van der Waals surface area (Å²) in [5, 5.41) is 3.61. The summed E-state index contributed by atoms with van der Waals surface area (Å²) in [4.78, 5) is 0. The van der Waals surface area contributed by atoms with Crippen LogP contribution in [-0.2, 0) is 6.18 Å². The maximum Gasteiger partial charge on any atom is 0.417 e. The van der Waals surface area contributed by atoms with Gasteiger partial charge >= 0.3 is 6.18 Å². The standard InChI is InChI=1S/C13H7F3S/c1-2-9-3-4-10(11-5-6-17-8-11)7-12(9)13(14,15)16/h1,3-8H. The number of halogens is 3. The molecule has 0 aliphatic rings. The summed E-state index contributed by atoms with van der Waals surface area (Å²) in [5.41, 5.74) is 0.404. The van der Waals surface area contributed by atoms with E-state index in [-0.39, 0.29) is 5.56 Å². The lowest BCUT2D eigenvalue weighted by Crippen LogP contribution is -2.07. The second kappa shape index (κ2) is 4.27. The molecule has 2 aromatic rings. The fraction of sp³-hybridized carbons (Fsp3) is 0.0769. The average Bonchev–Trinajstić information content (AvgIpc) is 2.80. The number of hydrogen-bond donors (Lipinski definition) is 0.